The molecule has 0 saturated heterocycles. The van der Waals surface area contributed by atoms with Crippen LogP contribution in [0.1, 0.15) is 33.3 Å². The molecule has 0 saturated carbocycles. The fourth-order valence-electron chi connectivity index (χ4n) is 2.18. The Morgan fingerprint density at radius 3 is 2.50 bits per heavy atom. The molecule has 112 valence electrons. The van der Waals surface area contributed by atoms with E-state index in [0.717, 1.165) is 11.8 Å². The number of hydrogen-bond acceptors (Lipinski definition) is 5. The predicted molar refractivity (Wildman–Crippen MR) is 75.6 cm³/mol. The minimum Gasteiger partial charge on any atom is -0.464 e. The minimum atomic E-state index is -3.54. The van der Waals surface area contributed by atoms with Crippen molar-refractivity contribution in [2.24, 2.45) is 0 Å². The lowest BCUT2D eigenvalue weighted by atomic mass is 9.85. The highest BCUT2D eigenvalue weighted by molar-refractivity contribution is 7.86. The first kappa shape index (κ1) is 15.1. The molecule has 0 radical (unpaired) electrons. The van der Waals surface area contributed by atoms with Crippen LogP contribution in [0.15, 0.2) is 18.2 Å². The van der Waals surface area contributed by atoms with Crippen molar-refractivity contribution in [1.82, 2.24) is 0 Å². The van der Waals surface area contributed by atoms with Crippen molar-refractivity contribution in [2.75, 3.05) is 6.26 Å². The summed E-state index contributed by atoms with van der Waals surface area (Å²) < 4.78 is 38.9. The van der Waals surface area contributed by atoms with Gasteiger partial charge < -0.3 is 13.7 Å². The van der Waals surface area contributed by atoms with Gasteiger partial charge in [-0.25, -0.2) is 0 Å². The van der Waals surface area contributed by atoms with E-state index in [0.29, 0.717) is 5.75 Å². The van der Waals surface area contributed by atoms with E-state index < -0.39 is 16.4 Å². The zero-order valence-corrected chi connectivity index (χ0v) is 13.2. The molecule has 1 unspecified atom stereocenters. The third kappa shape index (κ3) is 3.07. The number of hydrogen-bond donors (Lipinski definition) is 0. The van der Waals surface area contributed by atoms with Crippen LogP contribution in [0.25, 0.3) is 0 Å². The summed E-state index contributed by atoms with van der Waals surface area (Å²) in [5.74, 6) is 0.981. The summed E-state index contributed by atoms with van der Waals surface area (Å²) in [6, 6.07) is 4.98. The second-order valence-electron chi connectivity index (χ2n) is 5.80. The molecule has 1 aromatic rings. The number of ether oxygens (including phenoxy) is 2. The van der Waals surface area contributed by atoms with Gasteiger partial charge in [0.05, 0.1) is 17.8 Å². The fourth-order valence-corrected chi connectivity index (χ4v) is 2.63. The summed E-state index contributed by atoms with van der Waals surface area (Å²) in [4.78, 5) is 0. The Bertz CT molecular complexity index is 604. The number of rotatable bonds is 4. The molecule has 0 aromatic heterocycles. The molecular formula is C14H20O5S. The van der Waals surface area contributed by atoms with Gasteiger partial charge in [-0.3, -0.25) is 0 Å². The highest BCUT2D eigenvalue weighted by Crippen LogP contribution is 2.45. The van der Waals surface area contributed by atoms with Crippen molar-refractivity contribution < 1.29 is 22.1 Å². The van der Waals surface area contributed by atoms with Gasteiger partial charge in [0.25, 0.3) is 0 Å². The zero-order chi connectivity index (χ0) is 15.1. The fraction of sp³-hybridized carbons (Fsp3) is 0.571. The molecule has 1 aliphatic rings. The highest BCUT2D eigenvalue weighted by Gasteiger charge is 2.43. The lowest BCUT2D eigenvalue weighted by Crippen LogP contribution is -2.36. The van der Waals surface area contributed by atoms with Crippen LogP contribution < -0.4 is 8.92 Å². The average molecular weight is 300 g/mol. The summed E-state index contributed by atoms with van der Waals surface area (Å²) in [6.45, 7) is 7.88. The van der Waals surface area contributed by atoms with Gasteiger partial charge in [0.2, 0.25) is 6.29 Å². The van der Waals surface area contributed by atoms with Crippen LogP contribution in [0.3, 0.4) is 0 Å². The molecule has 0 amide bonds. The van der Waals surface area contributed by atoms with Crippen molar-refractivity contribution in [1.29, 1.82) is 0 Å². The Labute approximate surface area is 120 Å². The van der Waals surface area contributed by atoms with Crippen LogP contribution in [0.4, 0.5) is 0 Å². The quantitative estimate of drug-likeness (QED) is 0.799. The van der Waals surface area contributed by atoms with E-state index in [2.05, 4.69) is 0 Å². The second kappa shape index (κ2) is 4.93. The number of benzene rings is 1. The Hall–Kier alpha value is -1.27. The van der Waals surface area contributed by atoms with Gasteiger partial charge in [-0.1, -0.05) is 0 Å². The van der Waals surface area contributed by atoms with E-state index in [-0.39, 0.29) is 17.3 Å². The third-order valence-electron chi connectivity index (χ3n) is 3.11. The van der Waals surface area contributed by atoms with Gasteiger partial charge in [-0.15, -0.1) is 0 Å². The molecule has 1 atom stereocenters. The van der Waals surface area contributed by atoms with Crippen LogP contribution in [-0.4, -0.2) is 27.1 Å². The van der Waals surface area contributed by atoms with E-state index in [1.807, 2.05) is 27.7 Å². The van der Waals surface area contributed by atoms with Gasteiger partial charge >= 0.3 is 10.1 Å². The van der Waals surface area contributed by atoms with Crippen LogP contribution >= 0.6 is 0 Å². The summed E-state index contributed by atoms with van der Waals surface area (Å²) >= 11 is 0. The maximum Gasteiger partial charge on any atom is 0.306 e. The molecule has 1 aromatic carbocycles. The van der Waals surface area contributed by atoms with E-state index in [1.54, 1.807) is 18.2 Å². The van der Waals surface area contributed by atoms with Crippen LogP contribution in [0.5, 0.6) is 11.5 Å². The van der Waals surface area contributed by atoms with Gasteiger partial charge in [-0.05, 0) is 45.9 Å². The van der Waals surface area contributed by atoms with E-state index in [9.17, 15) is 8.42 Å². The molecule has 1 aliphatic heterocycles. The monoisotopic (exact) mass is 300 g/mol. The number of fused-ring (bicyclic) bond motifs is 1. The molecular weight excluding hydrogens is 280 g/mol. The predicted octanol–water partition coefficient (Wildman–Crippen LogP) is 2.45. The molecule has 0 bridgehead atoms. The molecule has 1 heterocycles. The largest absolute Gasteiger partial charge is 0.464 e. The standard InChI is InChI=1S/C14H20O5S/c1-9(2)17-13-14(3,4)11-8-10(19-20(5,15)16)6-7-12(11)18-13/h6-9,13H,1-5H3. The van der Waals surface area contributed by atoms with Gasteiger partial charge in [0.1, 0.15) is 11.5 Å². The van der Waals surface area contributed by atoms with E-state index in [1.165, 1.54) is 0 Å². The lowest BCUT2D eigenvalue weighted by molar-refractivity contribution is -0.128. The third-order valence-corrected chi connectivity index (χ3v) is 3.61. The van der Waals surface area contributed by atoms with Crippen LogP contribution in [0, 0.1) is 0 Å². The first-order chi connectivity index (χ1) is 9.09. The normalized spacial score (nSPS) is 20.6. The van der Waals surface area contributed by atoms with Crippen molar-refractivity contribution in [2.45, 2.75) is 45.5 Å². The van der Waals surface area contributed by atoms with Gasteiger partial charge in [0.15, 0.2) is 0 Å². The minimum absolute atomic E-state index is 0.0420. The lowest BCUT2D eigenvalue weighted by Gasteiger charge is -2.27. The Morgan fingerprint density at radius 2 is 1.95 bits per heavy atom. The molecule has 0 fully saturated rings. The zero-order valence-electron chi connectivity index (χ0n) is 12.3. The summed E-state index contributed by atoms with van der Waals surface area (Å²) in [5.41, 5.74) is 0.500. The molecule has 0 aliphatic carbocycles. The molecule has 20 heavy (non-hydrogen) atoms. The van der Waals surface area contributed by atoms with Crippen LogP contribution in [-0.2, 0) is 20.3 Å². The first-order valence-corrected chi connectivity index (χ1v) is 8.27. The maximum atomic E-state index is 11.2. The van der Waals surface area contributed by atoms with E-state index in [4.69, 9.17) is 13.7 Å². The highest BCUT2D eigenvalue weighted by atomic mass is 32.2. The van der Waals surface area contributed by atoms with Gasteiger partial charge in [-0.2, -0.15) is 8.42 Å². The Kier molecular flexibility index (Phi) is 3.73. The van der Waals surface area contributed by atoms with Crippen molar-refractivity contribution >= 4 is 10.1 Å². The Balaban J connectivity index is 2.33. The van der Waals surface area contributed by atoms with Crippen molar-refractivity contribution in [3.63, 3.8) is 0 Å². The topological polar surface area (TPSA) is 61.8 Å². The Morgan fingerprint density at radius 1 is 1.30 bits per heavy atom. The average Bonchev–Trinajstić information content (AvgIpc) is 2.49. The molecule has 6 heteroatoms. The molecule has 0 spiro atoms. The van der Waals surface area contributed by atoms with E-state index >= 15 is 0 Å². The summed E-state index contributed by atoms with van der Waals surface area (Å²) in [5, 5.41) is 0. The SMILES string of the molecule is CC(C)OC1Oc2ccc(OS(C)(=O)=O)cc2C1(C)C. The van der Waals surface area contributed by atoms with Crippen molar-refractivity contribution in [3.05, 3.63) is 23.8 Å². The van der Waals surface area contributed by atoms with Gasteiger partial charge in [0, 0.05) is 5.56 Å². The maximum absolute atomic E-state index is 11.2. The molecule has 5 nitrogen and oxygen atoms in total. The first-order valence-electron chi connectivity index (χ1n) is 6.46. The molecule has 2 rings (SSSR count). The second-order valence-corrected chi connectivity index (χ2v) is 7.38. The van der Waals surface area contributed by atoms with Crippen LogP contribution in [0.2, 0.25) is 0 Å². The summed E-state index contributed by atoms with van der Waals surface area (Å²) in [7, 11) is -3.54. The summed E-state index contributed by atoms with van der Waals surface area (Å²) in [6.07, 6.45) is 0.665. The molecule has 0 N–H and O–H groups in total. The van der Waals surface area contributed by atoms with Crippen molar-refractivity contribution in [3.8, 4) is 11.5 Å². The smallest absolute Gasteiger partial charge is 0.306 e.